The summed E-state index contributed by atoms with van der Waals surface area (Å²) in [6.07, 6.45) is 4.19. The summed E-state index contributed by atoms with van der Waals surface area (Å²) in [4.78, 5) is 46.7. The minimum Gasteiger partial charge on any atom is -0.325 e. The molecule has 101 valence electrons. The Hall–Kier alpha value is 1.75. The van der Waals surface area contributed by atoms with Gasteiger partial charge in [0.05, 0.1) is 0 Å². The van der Waals surface area contributed by atoms with Crippen LogP contribution in [0, 0.1) is 0 Å². The molecule has 0 radical (unpaired) electrons. The zero-order valence-electron chi connectivity index (χ0n) is 8.63. The molecular weight excluding hydrogens is 378 g/mol. The summed E-state index contributed by atoms with van der Waals surface area (Å²) >= 11 is 9.38. The molecule has 0 aliphatic heterocycles. The Bertz CT molecular complexity index is 188. The fourth-order valence-electron chi connectivity index (χ4n) is 0.352. The van der Waals surface area contributed by atoms with Crippen molar-refractivity contribution in [3.05, 3.63) is 0 Å². The third-order valence-corrected chi connectivity index (χ3v) is 1.46. The van der Waals surface area contributed by atoms with Gasteiger partial charge in [0, 0.05) is 0 Å². The molecule has 0 spiro atoms. The van der Waals surface area contributed by atoms with Crippen molar-refractivity contribution in [1.82, 2.24) is 0 Å². The molecule has 0 aromatic heterocycles. The van der Waals surface area contributed by atoms with Crippen LogP contribution in [0.4, 0.5) is 0 Å². The van der Waals surface area contributed by atoms with Gasteiger partial charge in [-0.25, -0.2) is 0 Å². The summed E-state index contributed by atoms with van der Waals surface area (Å²) in [6.45, 7) is -5.38. The van der Waals surface area contributed by atoms with Crippen LogP contribution in [-0.2, 0) is 43.4 Å². The summed E-state index contributed by atoms with van der Waals surface area (Å²) in [5.41, 5.74) is 0. The molecule has 0 bridgehead atoms. The van der Waals surface area contributed by atoms with Gasteiger partial charge < -0.3 is 29.4 Å². The first kappa shape index (κ1) is 22.9. The largest absolute Gasteiger partial charge is 0.325 e. The minimum atomic E-state index is -3.81. The Morgan fingerprint density at radius 2 is 1.12 bits per heavy atom. The fourth-order valence-corrected chi connectivity index (χ4v) is 0.854. The van der Waals surface area contributed by atoms with Gasteiger partial charge >= 0.3 is 64.2 Å². The Balaban J connectivity index is -0.000000160. The van der Waals surface area contributed by atoms with Gasteiger partial charge in [0.1, 0.15) is 0 Å². The molecule has 0 atom stereocenters. The molecule has 0 fully saturated rings. The van der Waals surface area contributed by atoms with E-state index in [1.807, 2.05) is 0 Å². The van der Waals surface area contributed by atoms with Gasteiger partial charge in [-0.05, 0) is 23.6 Å². The third-order valence-electron chi connectivity index (χ3n) is 0.748. The van der Waals surface area contributed by atoms with E-state index in [1.165, 1.54) is 24.1 Å². The maximum Gasteiger partial charge on any atom is 0.319 e. The summed E-state index contributed by atoms with van der Waals surface area (Å²) in [5, 5.41) is 0. The molecular formula is C5H17MoO6P2S2. The number of hydrogen-bond acceptors (Lipinski definition) is 2. The Labute approximate surface area is 117 Å². The predicted molar refractivity (Wildman–Crippen MR) is 66.2 cm³/mol. The molecule has 0 amide bonds. The van der Waals surface area contributed by atoms with E-state index in [1.54, 1.807) is 0 Å². The molecule has 0 saturated carbocycles. The molecule has 0 rings (SSSR count). The van der Waals surface area contributed by atoms with E-state index in [0.29, 0.717) is 0 Å². The third kappa shape index (κ3) is 152. The first-order valence-electron chi connectivity index (χ1n) is 4.06. The van der Waals surface area contributed by atoms with Crippen LogP contribution in [0.3, 0.4) is 0 Å². The van der Waals surface area contributed by atoms with Crippen molar-refractivity contribution in [2.75, 3.05) is 0 Å². The van der Waals surface area contributed by atoms with Crippen molar-refractivity contribution >= 4 is 37.1 Å². The first-order valence-corrected chi connectivity index (χ1v) is 10.8. The maximum atomic E-state index is 7.56. The summed E-state index contributed by atoms with van der Waals surface area (Å²) < 4.78 is 0. The molecule has 0 heterocycles. The molecule has 0 aromatic carbocycles. The van der Waals surface area contributed by atoms with Gasteiger partial charge in [-0.3, -0.25) is 0 Å². The van der Waals surface area contributed by atoms with Gasteiger partial charge in [-0.1, -0.05) is 0 Å². The van der Waals surface area contributed by atoms with Crippen molar-refractivity contribution in [3.63, 3.8) is 0 Å². The second kappa shape index (κ2) is 13.2. The Morgan fingerprint density at radius 3 is 1.19 bits per heavy atom. The van der Waals surface area contributed by atoms with Gasteiger partial charge in [0.15, 0.2) is 0 Å². The van der Waals surface area contributed by atoms with E-state index in [4.69, 9.17) is 29.4 Å². The number of unbranched alkanes of at least 4 members (excludes halogenated alkanes) is 2. The molecule has 0 saturated heterocycles. The van der Waals surface area contributed by atoms with Crippen LogP contribution in [0.15, 0.2) is 0 Å². The van der Waals surface area contributed by atoms with Crippen LogP contribution < -0.4 is 0 Å². The van der Waals surface area contributed by atoms with Crippen molar-refractivity contribution in [2.24, 2.45) is 0 Å². The van der Waals surface area contributed by atoms with Crippen molar-refractivity contribution < 1.29 is 49.2 Å². The molecule has 0 aliphatic rings. The smallest absolute Gasteiger partial charge is 0.319 e. The van der Waals surface area contributed by atoms with Crippen LogP contribution in [0.2, 0.25) is 4.81 Å². The van der Waals surface area contributed by atoms with E-state index in [0.717, 1.165) is 0 Å². The molecule has 16 heavy (non-hydrogen) atoms. The molecule has 6 N–H and O–H groups in total. The summed E-state index contributed by atoms with van der Waals surface area (Å²) in [5.74, 6) is 0. The number of hydrogen-bond donors (Lipinski definition) is 6. The second-order valence-corrected chi connectivity index (χ2v) is 8.43. The maximum absolute atomic E-state index is 7.56. The summed E-state index contributed by atoms with van der Waals surface area (Å²) in [6, 6.07) is 0. The summed E-state index contributed by atoms with van der Waals surface area (Å²) in [7, 11) is 0. The zero-order valence-corrected chi connectivity index (χ0v) is 14.1. The topological polar surface area (TPSA) is 121 Å². The monoisotopic (exact) mass is 397 g/mol. The van der Waals surface area contributed by atoms with E-state index < -0.39 is 13.4 Å². The average Bonchev–Trinajstić information content (AvgIpc) is 1.94. The normalized spacial score (nSPS) is 10.7. The molecule has 0 aromatic rings. The Morgan fingerprint density at radius 1 is 0.875 bits per heavy atom. The van der Waals surface area contributed by atoms with Gasteiger partial charge in [-0.15, -0.1) is 0 Å². The van der Waals surface area contributed by atoms with Crippen LogP contribution >= 0.6 is 13.4 Å². The van der Waals surface area contributed by atoms with Crippen LogP contribution in [-0.4, -0.2) is 29.4 Å². The van der Waals surface area contributed by atoms with E-state index in [2.05, 4.69) is 50.4 Å². The Kier molecular flexibility index (Phi) is 18.9. The first-order chi connectivity index (χ1) is 6.91. The second-order valence-electron chi connectivity index (χ2n) is 2.44. The van der Waals surface area contributed by atoms with Crippen LogP contribution in [0.5, 0.6) is 0 Å². The molecule has 0 unspecified atom stereocenters. The van der Waals surface area contributed by atoms with Crippen molar-refractivity contribution in [2.45, 2.75) is 31.0 Å². The van der Waals surface area contributed by atoms with E-state index in [9.17, 15) is 0 Å². The van der Waals surface area contributed by atoms with E-state index in [-0.39, 0.29) is 0 Å². The predicted octanol–water partition coefficient (Wildman–Crippen LogP) is 0.517. The minimum absolute atomic E-state index is 1.36. The van der Waals surface area contributed by atoms with E-state index >= 15 is 0 Å². The van der Waals surface area contributed by atoms with Gasteiger partial charge in [-0.2, -0.15) is 0 Å². The quantitative estimate of drug-likeness (QED) is 0.232. The molecule has 11 heteroatoms. The zero-order chi connectivity index (χ0) is 13.8. The van der Waals surface area contributed by atoms with Gasteiger partial charge in [0.25, 0.3) is 0 Å². The molecule has 6 nitrogen and oxygen atoms in total. The SMILES string of the molecule is CCCC[CH2][Mo].OP(O)(O)=S.OP(O)(O)=S. The van der Waals surface area contributed by atoms with Gasteiger partial charge in [0.2, 0.25) is 0 Å². The fraction of sp³-hybridized carbons (Fsp3) is 1.00. The average molecular weight is 395 g/mol. The van der Waals surface area contributed by atoms with Crippen molar-refractivity contribution in [1.29, 1.82) is 0 Å². The van der Waals surface area contributed by atoms with Crippen molar-refractivity contribution in [3.8, 4) is 0 Å². The number of rotatable bonds is 3. The van der Waals surface area contributed by atoms with Crippen LogP contribution in [0.1, 0.15) is 26.2 Å². The standard InChI is InChI=1S/C5H11.Mo.2H3O3PS/c1-3-5-4-2;;2*1-4(2,3)5/h1,3-5H2,2H3;;2*(H3,1,2,3,5). The van der Waals surface area contributed by atoms with Crippen LogP contribution in [0.25, 0.3) is 0 Å². The molecule has 0 aliphatic carbocycles.